The van der Waals surface area contributed by atoms with Crippen molar-refractivity contribution in [2.75, 3.05) is 23.7 Å². The van der Waals surface area contributed by atoms with E-state index in [0.717, 1.165) is 42.9 Å². The highest BCUT2D eigenvalue weighted by Gasteiger charge is 2.21. The van der Waals surface area contributed by atoms with Crippen LogP contribution in [0.1, 0.15) is 31.7 Å². The molecule has 114 valence electrons. The molecule has 0 unspecified atom stereocenters. The maximum atomic E-state index is 12.3. The zero-order valence-electron chi connectivity index (χ0n) is 12.7. The number of amides is 2. The van der Waals surface area contributed by atoms with Gasteiger partial charge >= 0.3 is 0 Å². The first-order valence-electron chi connectivity index (χ1n) is 7.53. The summed E-state index contributed by atoms with van der Waals surface area (Å²) in [6.07, 6.45) is 2.18. The van der Waals surface area contributed by atoms with E-state index in [1.807, 2.05) is 32.0 Å². The maximum Gasteiger partial charge on any atom is 0.227 e. The molecule has 1 aromatic rings. The van der Waals surface area contributed by atoms with E-state index in [-0.39, 0.29) is 17.7 Å². The van der Waals surface area contributed by atoms with Gasteiger partial charge in [-0.15, -0.1) is 0 Å². The fourth-order valence-corrected chi connectivity index (χ4v) is 2.46. The second-order valence-electron chi connectivity index (χ2n) is 5.39. The van der Waals surface area contributed by atoms with Crippen molar-refractivity contribution in [2.45, 2.75) is 33.1 Å². The highest BCUT2D eigenvalue weighted by Crippen LogP contribution is 2.25. The van der Waals surface area contributed by atoms with Crippen LogP contribution in [0.5, 0.6) is 0 Å². The summed E-state index contributed by atoms with van der Waals surface area (Å²) in [5.41, 5.74) is 2.42. The summed E-state index contributed by atoms with van der Waals surface area (Å²) in [7, 11) is 0. The molecule has 2 rings (SSSR count). The van der Waals surface area contributed by atoms with Crippen molar-refractivity contribution in [3.8, 4) is 0 Å². The zero-order chi connectivity index (χ0) is 15.2. The van der Waals surface area contributed by atoms with E-state index in [4.69, 9.17) is 0 Å². The number of nitrogens with one attached hydrogen (secondary N) is 3. The lowest BCUT2D eigenvalue weighted by Gasteiger charge is -2.22. The summed E-state index contributed by atoms with van der Waals surface area (Å²) >= 11 is 0. The fraction of sp³-hybridized carbons (Fsp3) is 0.500. The smallest absolute Gasteiger partial charge is 0.227 e. The number of piperidine rings is 1. The Kier molecular flexibility index (Phi) is 5.33. The average Bonchev–Trinajstić information content (AvgIpc) is 2.52. The normalized spacial score (nSPS) is 15.5. The molecule has 1 fully saturated rings. The van der Waals surface area contributed by atoms with Crippen LogP contribution in [-0.2, 0) is 9.59 Å². The molecule has 5 heteroatoms. The third kappa shape index (κ3) is 4.04. The van der Waals surface area contributed by atoms with Crippen LogP contribution in [0.4, 0.5) is 11.4 Å². The zero-order valence-corrected chi connectivity index (χ0v) is 12.7. The van der Waals surface area contributed by atoms with Gasteiger partial charge in [0.1, 0.15) is 0 Å². The predicted octanol–water partition coefficient (Wildman–Crippen LogP) is 2.28. The molecule has 1 aromatic carbocycles. The van der Waals surface area contributed by atoms with E-state index in [2.05, 4.69) is 16.0 Å². The molecule has 1 saturated heterocycles. The van der Waals surface area contributed by atoms with Gasteiger partial charge in [0.05, 0.1) is 0 Å². The van der Waals surface area contributed by atoms with Crippen molar-refractivity contribution < 1.29 is 9.59 Å². The van der Waals surface area contributed by atoms with Gasteiger partial charge in [-0.3, -0.25) is 9.59 Å². The average molecular weight is 289 g/mol. The van der Waals surface area contributed by atoms with Crippen molar-refractivity contribution in [1.82, 2.24) is 5.32 Å². The van der Waals surface area contributed by atoms with Crippen molar-refractivity contribution in [2.24, 2.45) is 5.92 Å². The van der Waals surface area contributed by atoms with Gasteiger partial charge < -0.3 is 16.0 Å². The van der Waals surface area contributed by atoms with Crippen molar-refractivity contribution >= 4 is 23.2 Å². The Labute approximate surface area is 125 Å². The number of benzene rings is 1. The van der Waals surface area contributed by atoms with Gasteiger partial charge in [0.15, 0.2) is 0 Å². The van der Waals surface area contributed by atoms with Crippen LogP contribution in [0.2, 0.25) is 0 Å². The molecule has 21 heavy (non-hydrogen) atoms. The maximum absolute atomic E-state index is 12.3. The van der Waals surface area contributed by atoms with E-state index < -0.39 is 0 Å². The Morgan fingerprint density at radius 2 is 1.81 bits per heavy atom. The van der Waals surface area contributed by atoms with Gasteiger partial charge in [-0.1, -0.05) is 13.0 Å². The van der Waals surface area contributed by atoms with E-state index in [1.165, 1.54) is 0 Å². The van der Waals surface area contributed by atoms with Crippen LogP contribution < -0.4 is 16.0 Å². The van der Waals surface area contributed by atoms with Crippen molar-refractivity contribution in [3.05, 3.63) is 23.8 Å². The van der Waals surface area contributed by atoms with E-state index in [9.17, 15) is 9.59 Å². The Hall–Kier alpha value is -1.88. The molecule has 0 saturated carbocycles. The first-order valence-corrected chi connectivity index (χ1v) is 7.53. The lowest BCUT2D eigenvalue weighted by molar-refractivity contribution is -0.120. The minimum Gasteiger partial charge on any atom is -0.326 e. The fourth-order valence-electron chi connectivity index (χ4n) is 2.46. The monoisotopic (exact) mass is 289 g/mol. The predicted molar refractivity (Wildman–Crippen MR) is 84.3 cm³/mol. The van der Waals surface area contributed by atoms with Gasteiger partial charge in [-0.2, -0.15) is 0 Å². The summed E-state index contributed by atoms with van der Waals surface area (Å²) < 4.78 is 0. The Balaban J connectivity index is 2.07. The van der Waals surface area contributed by atoms with Crippen molar-refractivity contribution in [3.63, 3.8) is 0 Å². The molecule has 2 amide bonds. The Bertz CT molecular complexity index is 522. The molecule has 1 aliphatic rings. The van der Waals surface area contributed by atoms with Crippen LogP contribution in [-0.4, -0.2) is 24.9 Å². The molecule has 0 atom stereocenters. The van der Waals surface area contributed by atoms with Gasteiger partial charge in [-0.25, -0.2) is 0 Å². The minimum atomic E-state index is -0.0278. The van der Waals surface area contributed by atoms with Crippen LogP contribution in [0.25, 0.3) is 0 Å². The number of rotatable bonds is 4. The highest BCUT2D eigenvalue weighted by molar-refractivity contribution is 5.96. The van der Waals surface area contributed by atoms with E-state index in [0.29, 0.717) is 6.42 Å². The largest absolute Gasteiger partial charge is 0.326 e. The molecule has 0 bridgehead atoms. The molecule has 1 aliphatic heterocycles. The summed E-state index contributed by atoms with van der Waals surface area (Å²) in [6.45, 7) is 5.50. The molecular formula is C16H23N3O2. The summed E-state index contributed by atoms with van der Waals surface area (Å²) in [4.78, 5) is 23.8. The topological polar surface area (TPSA) is 70.2 Å². The molecule has 3 N–H and O–H groups in total. The summed E-state index contributed by atoms with van der Waals surface area (Å²) in [6, 6.07) is 5.56. The standard InChI is InChI=1S/C16H23N3O2/c1-3-15(20)18-13-5-4-6-14(11(13)2)19-16(21)12-7-9-17-10-8-12/h4-6,12,17H,3,7-10H2,1-2H3,(H,18,20)(H,19,21). The van der Waals surface area contributed by atoms with Gasteiger partial charge in [0, 0.05) is 23.7 Å². The minimum absolute atomic E-state index is 0.0278. The van der Waals surface area contributed by atoms with E-state index in [1.54, 1.807) is 0 Å². The molecule has 0 radical (unpaired) electrons. The van der Waals surface area contributed by atoms with Crippen LogP contribution in [0, 0.1) is 12.8 Å². The third-order valence-corrected chi connectivity index (χ3v) is 3.90. The molecular weight excluding hydrogens is 266 g/mol. The third-order valence-electron chi connectivity index (χ3n) is 3.90. The van der Waals surface area contributed by atoms with E-state index >= 15 is 0 Å². The first kappa shape index (κ1) is 15.5. The number of hydrogen-bond donors (Lipinski definition) is 3. The second kappa shape index (κ2) is 7.22. The molecule has 1 heterocycles. The highest BCUT2D eigenvalue weighted by atomic mass is 16.2. The lowest BCUT2D eigenvalue weighted by atomic mass is 9.97. The SMILES string of the molecule is CCC(=O)Nc1cccc(NC(=O)C2CCNCC2)c1C. The summed E-state index contributed by atoms with van der Waals surface area (Å²) in [5, 5.41) is 9.10. The van der Waals surface area contributed by atoms with Gasteiger partial charge in [0.2, 0.25) is 11.8 Å². The van der Waals surface area contributed by atoms with Crippen molar-refractivity contribution in [1.29, 1.82) is 0 Å². The number of anilines is 2. The number of carbonyl (C=O) groups is 2. The number of carbonyl (C=O) groups excluding carboxylic acids is 2. The first-order chi connectivity index (χ1) is 10.1. The lowest BCUT2D eigenvalue weighted by Crippen LogP contribution is -2.34. The van der Waals surface area contributed by atoms with Gasteiger partial charge in [0.25, 0.3) is 0 Å². The number of hydrogen-bond acceptors (Lipinski definition) is 3. The molecule has 0 spiro atoms. The van der Waals surface area contributed by atoms with Crippen LogP contribution >= 0.6 is 0 Å². The second-order valence-corrected chi connectivity index (χ2v) is 5.39. The Morgan fingerprint density at radius 3 is 2.43 bits per heavy atom. The van der Waals surface area contributed by atoms with Gasteiger partial charge in [-0.05, 0) is 50.6 Å². The molecule has 5 nitrogen and oxygen atoms in total. The Morgan fingerprint density at radius 1 is 1.19 bits per heavy atom. The van der Waals surface area contributed by atoms with Crippen LogP contribution in [0.3, 0.4) is 0 Å². The molecule has 0 aliphatic carbocycles. The van der Waals surface area contributed by atoms with Crippen LogP contribution in [0.15, 0.2) is 18.2 Å². The quantitative estimate of drug-likeness (QED) is 0.796. The molecule has 0 aromatic heterocycles. The summed E-state index contributed by atoms with van der Waals surface area (Å²) in [5.74, 6) is 0.109.